The fourth-order valence-corrected chi connectivity index (χ4v) is 4.12. The van der Waals surface area contributed by atoms with Crippen LogP contribution in [0.2, 0.25) is 0 Å². The summed E-state index contributed by atoms with van der Waals surface area (Å²) in [6.45, 7) is 2.23. The molecule has 0 atom stereocenters. The second-order valence-electron chi connectivity index (χ2n) is 7.05. The van der Waals surface area contributed by atoms with Gasteiger partial charge in [-0.3, -0.25) is 0 Å². The van der Waals surface area contributed by atoms with E-state index in [2.05, 4.69) is 61.9 Å². The maximum atomic E-state index is 4.93. The first-order valence-corrected chi connectivity index (χ1v) is 15.8. The Morgan fingerprint density at radius 3 is 2.31 bits per heavy atom. The summed E-state index contributed by atoms with van der Waals surface area (Å²) in [4.78, 5) is 0. The summed E-state index contributed by atoms with van der Waals surface area (Å²) in [5.41, 5.74) is 8.47. The predicted molar refractivity (Wildman–Crippen MR) is 111 cm³/mol. The molecule has 2 aliphatic carbocycles. The SMILES string of the molecule is CCC1=Cc2c(cccc2-c2ccc(C3CCCCC3)cc2)[CH]1.[Cl][Zr][Cl]. The Bertz CT molecular complexity index is 743. The molecule has 2 aromatic rings. The Hall–Kier alpha value is -0.357. The Morgan fingerprint density at radius 2 is 1.65 bits per heavy atom. The molecule has 2 aliphatic rings. The van der Waals surface area contributed by atoms with E-state index < -0.39 is 20.8 Å². The van der Waals surface area contributed by atoms with Crippen molar-refractivity contribution in [2.24, 2.45) is 0 Å². The topological polar surface area (TPSA) is 0 Å². The van der Waals surface area contributed by atoms with Gasteiger partial charge in [0.1, 0.15) is 0 Å². The van der Waals surface area contributed by atoms with Crippen molar-refractivity contribution in [3.8, 4) is 11.1 Å². The summed E-state index contributed by atoms with van der Waals surface area (Å²) in [6, 6.07) is 16.1. The van der Waals surface area contributed by atoms with Gasteiger partial charge in [-0.05, 0) is 53.0 Å². The van der Waals surface area contributed by atoms with Crippen LogP contribution in [0.1, 0.15) is 68.1 Å². The summed E-state index contributed by atoms with van der Waals surface area (Å²) in [7, 11) is 9.87. The van der Waals surface area contributed by atoms with Gasteiger partial charge in [-0.25, -0.2) is 0 Å². The average Bonchev–Trinajstić information content (AvgIpc) is 3.13. The molecule has 1 fully saturated rings. The molecule has 3 heteroatoms. The molecule has 0 bridgehead atoms. The summed E-state index contributed by atoms with van der Waals surface area (Å²) in [5.74, 6) is 0.791. The molecule has 0 amide bonds. The van der Waals surface area contributed by atoms with E-state index in [1.165, 1.54) is 65.5 Å². The third kappa shape index (κ3) is 4.92. The van der Waals surface area contributed by atoms with Crippen molar-refractivity contribution < 1.29 is 20.8 Å². The van der Waals surface area contributed by atoms with E-state index in [9.17, 15) is 0 Å². The van der Waals surface area contributed by atoms with Crippen molar-refractivity contribution >= 4 is 23.1 Å². The Labute approximate surface area is 176 Å². The monoisotopic (exact) mass is 461 g/mol. The number of hydrogen-bond acceptors (Lipinski definition) is 0. The Balaban J connectivity index is 0.000000613. The molecule has 0 aromatic heterocycles. The molecule has 0 N–H and O–H groups in total. The van der Waals surface area contributed by atoms with E-state index in [1.54, 1.807) is 0 Å². The first kappa shape index (κ1) is 20.4. The van der Waals surface area contributed by atoms with Crippen molar-refractivity contribution in [1.29, 1.82) is 0 Å². The maximum absolute atomic E-state index is 4.93. The van der Waals surface area contributed by atoms with Crippen LogP contribution >= 0.6 is 17.0 Å². The third-order valence-corrected chi connectivity index (χ3v) is 5.52. The molecule has 1 saturated carbocycles. The summed E-state index contributed by atoms with van der Waals surface area (Å²) in [6.07, 6.45) is 12.8. The van der Waals surface area contributed by atoms with Crippen LogP contribution in [0.4, 0.5) is 0 Å². The average molecular weight is 464 g/mol. The second-order valence-corrected chi connectivity index (χ2v) is 10.8. The van der Waals surface area contributed by atoms with Gasteiger partial charge in [0.2, 0.25) is 0 Å². The molecule has 0 saturated heterocycles. The standard InChI is InChI=1S/C23H25.2ClH.Zr/c1-2-17-15-21-9-6-10-22(23(21)16-17)20-13-11-19(12-14-20)18-7-4-3-5-8-18;;;/h6,9-16,18H,2-5,7-8H2,1H3;2*1H;/q;;;+2/p-2. The predicted octanol–water partition coefficient (Wildman–Crippen LogP) is 8.14. The van der Waals surface area contributed by atoms with Crippen molar-refractivity contribution in [1.82, 2.24) is 0 Å². The van der Waals surface area contributed by atoms with Gasteiger partial charge in [-0.15, -0.1) is 0 Å². The molecule has 0 unspecified atom stereocenters. The first-order valence-electron chi connectivity index (χ1n) is 9.51. The molecule has 0 aliphatic heterocycles. The Morgan fingerprint density at radius 1 is 0.962 bits per heavy atom. The number of halogens is 2. The van der Waals surface area contributed by atoms with Crippen LogP contribution < -0.4 is 0 Å². The van der Waals surface area contributed by atoms with Gasteiger partial charge >= 0.3 is 37.9 Å². The van der Waals surface area contributed by atoms with Crippen LogP contribution in [-0.4, -0.2) is 0 Å². The van der Waals surface area contributed by atoms with E-state index in [0.29, 0.717) is 0 Å². The molecule has 0 nitrogen and oxygen atoms in total. The van der Waals surface area contributed by atoms with Crippen LogP contribution in [0, 0.1) is 6.42 Å². The van der Waals surface area contributed by atoms with Crippen molar-refractivity contribution in [3.05, 3.63) is 71.1 Å². The van der Waals surface area contributed by atoms with Gasteiger partial charge < -0.3 is 0 Å². The van der Waals surface area contributed by atoms with Crippen molar-refractivity contribution in [3.63, 3.8) is 0 Å². The minimum atomic E-state index is -0.826. The van der Waals surface area contributed by atoms with Gasteiger partial charge in [0.15, 0.2) is 0 Å². The number of allylic oxidation sites excluding steroid dienone is 1. The van der Waals surface area contributed by atoms with Crippen molar-refractivity contribution in [2.75, 3.05) is 0 Å². The zero-order chi connectivity index (χ0) is 18.4. The number of rotatable bonds is 3. The summed E-state index contributed by atoms with van der Waals surface area (Å²) >= 11 is -0.826. The fraction of sp³-hybridized carbons (Fsp3) is 0.348. The van der Waals surface area contributed by atoms with Crippen LogP contribution in [0.15, 0.2) is 48.0 Å². The molecule has 0 heterocycles. The van der Waals surface area contributed by atoms with Crippen LogP contribution in [0.5, 0.6) is 0 Å². The van der Waals surface area contributed by atoms with Crippen molar-refractivity contribution in [2.45, 2.75) is 51.4 Å². The number of hydrogen-bond donors (Lipinski definition) is 0. The van der Waals surface area contributed by atoms with Gasteiger partial charge in [0.05, 0.1) is 0 Å². The number of fused-ring (bicyclic) bond motifs is 1. The molecule has 1 radical (unpaired) electrons. The van der Waals surface area contributed by atoms with E-state index >= 15 is 0 Å². The molecular weight excluding hydrogens is 438 g/mol. The Kier molecular flexibility index (Phi) is 8.04. The third-order valence-electron chi connectivity index (χ3n) is 5.52. The summed E-state index contributed by atoms with van der Waals surface area (Å²) in [5, 5.41) is 0. The second kappa shape index (κ2) is 10.3. The quantitative estimate of drug-likeness (QED) is 0.431. The normalized spacial score (nSPS) is 16.3. The number of benzene rings is 2. The van der Waals surface area contributed by atoms with Crippen LogP contribution in [0.3, 0.4) is 0 Å². The van der Waals surface area contributed by atoms with Gasteiger partial charge in [0, 0.05) is 6.42 Å². The molecule has 135 valence electrons. The minimum absolute atomic E-state index is 0.791. The first-order chi connectivity index (χ1) is 12.8. The molecular formula is C23H25Cl2Zr. The fourth-order valence-electron chi connectivity index (χ4n) is 4.12. The molecule has 0 spiro atoms. The zero-order valence-corrected chi connectivity index (χ0v) is 19.2. The molecule has 26 heavy (non-hydrogen) atoms. The van der Waals surface area contributed by atoms with Gasteiger partial charge in [-0.1, -0.05) is 80.3 Å². The zero-order valence-electron chi connectivity index (χ0n) is 15.3. The molecule has 2 aromatic carbocycles. The van der Waals surface area contributed by atoms with E-state index in [1.807, 2.05) is 0 Å². The molecule has 4 rings (SSSR count). The van der Waals surface area contributed by atoms with Gasteiger partial charge in [-0.2, -0.15) is 0 Å². The van der Waals surface area contributed by atoms with E-state index in [-0.39, 0.29) is 0 Å². The van der Waals surface area contributed by atoms with E-state index in [4.69, 9.17) is 17.0 Å². The van der Waals surface area contributed by atoms with Crippen LogP contribution in [-0.2, 0) is 20.8 Å². The van der Waals surface area contributed by atoms with E-state index in [0.717, 1.165) is 12.3 Å². The van der Waals surface area contributed by atoms with Gasteiger partial charge in [0.25, 0.3) is 0 Å². The van der Waals surface area contributed by atoms with Crippen LogP contribution in [0.25, 0.3) is 17.2 Å². The summed E-state index contributed by atoms with van der Waals surface area (Å²) < 4.78 is 0.